The molecule has 0 aromatic heterocycles. The summed E-state index contributed by atoms with van der Waals surface area (Å²) in [5.74, 6) is 0.648. The van der Waals surface area contributed by atoms with Gasteiger partial charge in [-0.05, 0) is 50.9 Å². The zero-order valence-electron chi connectivity index (χ0n) is 11.8. The number of halogens is 1. The summed E-state index contributed by atoms with van der Waals surface area (Å²) in [6, 6.07) is 8.72. The van der Waals surface area contributed by atoms with Gasteiger partial charge in [-0.25, -0.2) is 8.42 Å². The number of hydrogen-bond acceptors (Lipinski definition) is 3. The molecule has 1 aromatic carbocycles. The van der Waals surface area contributed by atoms with Crippen molar-refractivity contribution >= 4 is 22.4 Å². The van der Waals surface area contributed by atoms with Gasteiger partial charge in [-0.1, -0.05) is 18.2 Å². The second kappa shape index (κ2) is 7.98. The molecule has 1 saturated heterocycles. The van der Waals surface area contributed by atoms with E-state index in [1.54, 1.807) is 28.6 Å². The van der Waals surface area contributed by atoms with Crippen LogP contribution in [0, 0.1) is 5.92 Å². The summed E-state index contributed by atoms with van der Waals surface area (Å²) in [5.41, 5.74) is 0. The molecule has 2 rings (SSSR count). The molecular formula is C14H23ClN2O2S. The van der Waals surface area contributed by atoms with Crippen molar-refractivity contribution in [1.82, 2.24) is 9.62 Å². The van der Waals surface area contributed by atoms with E-state index in [-0.39, 0.29) is 12.4 Å². The van der Waals surface area contributed by atoms with Crippen LogP contribution in [-0.2, 0) is 10.0 Å². The molecule has 6 heteroatoms. The van der Waals surface area contributed by atoms with Gasteiger partial charge < -0.3 is 5.32 Å². The van der Waals surface area contributed by atoms with E-state index < -0.39 is 10.0 Å². The highest BCUT2D eigenvalue weighted by Crippen LogP contribution is 2.25. The van der Waals surface area contributed by atoms with Crippen molar-refractivity contribution in [3.05, 3.63) is 30.3 Å². The molecule has 114 valence electrons. The van der Waals surface area contributed by atoms with Crippen LogP contribution >= 0.6 is 12.4 Å². The average Bonchev–Trinajstić information content (AvgIpc) is 2.46. The fraction of sp³-hybridized carbons (Fsp3) is 0.571. The normalized spacial score (nSPS) is 17.6. The minimum absolute atomic E-state index is 0. The van der Waals surface area contributed by atoms with E-state index in [9.17, 15) is 8.42 Å². The summed E-state index contributed by atoms with van der Waals surface area (Å²) in [7, 11) is -1.33. The summed E-state index contributed by atoms with van der Waals surface area (Å²) in [4.78, 5) is 0.406. The molecule has 1 heterocycles. The van der Waals surface area contributed by atoms with Crippen LogP contribution in [0.25, 0.3) is 0 Å². The maximum atomic E-state index is 12.4. The van der Waals surface area contributed by atoms with E-state index in [2.05, 4.69) is 5.32 Å². The Hall–Kier alpha value is -0.620. The Morgan fingerprint density at radius 3 is 2.35 bits per heavy atom. The molecule has 0 amide bonds. The highest BCUT2D eigenvalue weighted by molar-refractivity contribution is 7.89. The number of rotatable bonds is 5. The first-order valence-corrected chi connectivity index (χ1v) is 8.28. The number of piperidine rings is 1. The van der Waals surface area contributed by atoms with Crippen LogP contribution in [0.2, 0.25) is 0 Å². The van der Waals surface area contributed by atoms with Crippen LogP contribution in [0.15, 0.2) is 35.2 Å². The predicted molar refractivity (Wildman–Crippen MR) is 83.7 cm³/mol. The standard InChI is InChI=1S/C14H22N2O2S.ClH/c1-15-10-7-13-8-11-16(12-9-13)19(17,18)14-5-3-2-4-6-14;/h2-6,13,15H,7-12H2,1H3;1H. The smallest absolute Gasteiger partial charge is 0.243 e. The molecule has 0 saturated carbocycles. The van der Waals surface area contributed by atoms with Gasteiger partial charge in [-0.3, -0.25) is 0 Å². The summed E-state index contributed by atoms with van der Waals surface area (Å²) < 4.78 is 26.5. The first kappa shape index (κ1) is 17.4. The molecule has 20 heavy (non-hydrogen) atoms. The van der Waals surface area contributed by atoms with Crippen LogP contribution < -0.4 is 5.32 Å². The van der Waals surface area contributed by atoms with Gasteiger partial charge in [0.05, 0.1) is 4.90 Å². The number of sulfonamides is 1. The Labute approximate surface area is 128 Å². The quantitative estimate of drug-likeness (QED) is 0.904. The van der Waals surface area contributed by atoms with E-state index in [0.29, 0.717) is 23.9 Å². The van der Waals surface area contributed by atoms with Crippen LogP contribution in [-0.4, -0.2) is 39.4 Å². The van der Waals surface area contributed by atoms with Gasteiger partial charge in [0, 0.05) is 13.1 Å². The summed E-state index contributed by atoms with van der Waals surface area (Å²) in [6.07, 6.45) is 3.07. The molecule has 1 fully saturated rings. The topological polar surface area (TPSA) is 49.4 Å². The zero-order chi connectivity index (χ0) is 13.7. The maximum Gasteiger partial charge on any atom is 0.243 e. The summed E-state index contributed by atoms with van der Waals surface area (Å²) >= 11 is 0. The van der Waals surface area contributed by atoms with Crippen LogP contribution in [0.4, 0.5) is 0 Å². The Balaban J connectivity index is 0.00000200. The molecule has 0 atom stereocenters. The third kappa shape index (κ3) is 4.19. The molecule has 0 unspecified atom stereocenters. The molecule has 1 aliphatic rings. The van der Waals surface area contributed by atoms with E-state index in [4.69, 9.17) is 0 Å². The van der Waals surface area contributed by atoms with Gasteiger partial charge in [-0.2, -0.15) is 4.31 Å². The van der Waals surface area contributed by atoms with Crippen LogP contribution in [0.5, 0.6) is 0 Å². The highest BCUT2D eigenvalue weighted by atomic mass is 35.5. The van der Waals surface area contributed by atoms with Crippen LogP contribution in [0.1, 0.15) is 19.3 Å². The van der Waals surface area contributed by atoms with Crippen molar-refractivity contribution in [3.8, 4) is 0 Å². The third-order valence-corrected chi connectivity index (χ3v) is 5.67. The monoisotopic (exact) mass is 318 g/mol. The van der Waals surface area contributed by atoms with E-state index in [1.165, 1.54) is 0 Å². The molecule has 4 nitrogen and oxygen atoms in total. The van der Waals surface area contributed by atoms with Crippen molar-refractivity contribution in [3.63, 3.8) is 0 Å². The molecule has 0 spiro atoms. The van der Waals surface area contributed by atoms with E-state index >= 15 is 0 Å². The van der Waals surface area contributed by atoms with E-state index in [0.717, 1.165) is 25.8 Å². The Kier molecular flexibility index (Phi) is 6.95. The summed E-state index contributed by atoms with van der Waals surface area (Å²) in [5, 5.41) is 3.15. The molecule has 0 aliphatic carbocycles. The fourth-order valence-electron chi connectivity index (χ4n) is 2.53. The maximum absolute atomic E-state index is 12.4. The zero-order valence-corrected chi connectivity index (χ0v) is 13.4. The van der Waals surface area contributed by atoms with Gasteiger partial charge in [0.2, 0.25) is 10.0 Å². The van der Waals surface area contributed by atoms with Crippen LogP contribution in [0.3, 0.4) is 0 Å². The average molecular weight is 319 g/mol. The van der Waals surface area contributed by atoms with Crippen molar-refractivity contribution in [1.29, 1.82) is 0 Å². The molecule has 0 radical (unpaired) electrons. The number of nitrogens with zero attached hydrogens (tertiary/aromatic N) is 1. The molecule has 1 N–H and O–H groups in total. The molecule has 0 bridgehead atoms. The van der Waals surface area contributed by atoms with Gasteiger partial charge in [0.1, 0.15) is 0 Å². The van der Waals surface area contributed by atoms with Gasteiger partial charge in [-0.15, -0.1) is 12.4 Å². The summed E-state index contributed by atoms with van der Waals surface area (Å²) in [6.45, 7) is 2.30. The van der Waals surface area contributed by atoms with Gasteiger partial charge >= 0.3 is 0 Å². The van der Waals surface area contributed by atoms with E-state index in [1.807, 2.05) is 13.1 Å². The third-order valence-electron chi connectivity index (χ3n) is 3.76. The van der Waals surface area contributed by atoms with Gasteiger partial charge in [0.15, 0.2) is 0 Å². The lowest BCUT2D eigenvalue weighted by atomic mass is 9.95. The van der Waals surface area contributed by atoms with Crippen molar-refractivity contribution in [2.24, 2.45) is 5.92 Å². The fourth-order valence-corrected chi connectivity index (χ4v) is 4.02. The number of hydrogen-bond donors (Lipinski definition) is 1. The second-order valence-electron chi connectivity index (χ2n) is 5.05. The van der Waals surface area contributed by atoms with Crippen molar-refractivity contribution in [2.45, 2.75) is 24.2 Å². The lowest BCUT2D eigenvalue weighted by Gasteiger charge is -2.31. The largest absolute Gasteiger partial charge is 0.320 e. The molecule has 1 aliphatic heterocycles. The predicted octanol–water partition coefficient (Wildman–Crippen LogP) is 2.12. The SMILES string of the molecule is CNCCC1CCN(S(=O)(=O)c2ccccc2)CC1.Cl. The molecular weight excluding hydrogens is 296 g/mol. The first-order chi connectivity index (χ1) is 9.14. The van der Waals surface area contributed by atoms with Gasteiger partial charge in [0.25, 0.3) is 0 Å². The Morgan fingerprint density at radius 2 is 1.80 bits per heavy atom. The minimum atomic E-state index is -3.29. The number of benzene rings is 1. The van der Waals surface area contributed by atoms with Crippen molar-refractivity contribution in [2.75, 3.05) is 26.7 Å². The lowest BCUT2D eigenvalue weighted by Crippen LogP contribution is -2.38. The highest BCUT2D eigenvalue weighted by Gasteiger charge is 2.28. The second-order valence-corrected chi connectivity index (χ2v) is 6.99. The number of nitrogens with one attached hydrogen (secondary N) is 1. The lowest BCUT2D eigenvalue weighted by molar-refractivity contribution is 0.263. The van der Waals surface area contributed by atoms with Crippen molar-refractivity contribution < 1.29 is 8.42 Å². The molecule has 1 aromatic rings. The minimum Gasteiger partial charge on any atom is -0.320 e. The Bertz CT molecular complexity index is 485. The Morgan fingerprint density at radius 1 is 1.20 bits per heavy atom. The first-order valence-electron chi connectivity index (χ1n) is 6.84.